The topological polar surface area (TPSA) is 51.2 Å². The zero-order chi connectivity index (χ0) is 18.7. The number of thiazole rings is 1. The average Bonchev–Trinajstić information content (AvgIpc) is 3.07. The molecule has 0 bridgehead atoms. The molecule has 0 aliphatic heterocycles. The highest BCUT2D eigenvalue weighted by molar-refractivity contribution is 7.14. The van der Waals surface area contributed by atoms with Crippen LogP contribution >= 0.6 is 22.9 Å². The molecule has 0 aliphatic carbocycles. The molecule has 0 unspecified atom stereocenters. The minimum absolute atomic E-state index is 0.0837. The number of anilines is 1. The first kappa shape index (κ1) is 18.4. The van der Waals surface area contributed by atoms with Crippen LogP contribution in [0.1, 0.15) is 16.7 Å². The number of rotatable bonds is 5. The summed E-state index contributed by atoms with van der Waals surface area (Å²) in [6.07, 6.45) is 0. The van der Waals surface area contributed by atoms with Gasteiger partial charge in [0.05, 0.1) is 5.69 Å². The van der Waals surface area contributed by atoms with E-state index in [0.717, 1.165) is 16.8 Å². The van der Waals surface area contributed by atoms with Gasteiger partial charge in [-0.3, -0.25) is 10.1 Å². The van der Waals surface area contributed by atoms with Crippen LogP contribution in [0.2, 0.25) is 5.02 Å². The third kappa shape index (κ3) is 4.42. The van der Waals surface area contributed by atoms with E-state index < -0.39 is 0 Å². The quantitative estimate of drug-likeness (QED) is 0.638. The van der Waals surface area contributed by atoms with E-state index >= 15 is 0 Å². The standard InChI is InChI=1S/C20H19ClN2O2S/c1-12-4-5-15(8-13(12)2)18-11-26-20(22-18)23-19(24)10-25-16-6-7-17(21)14(3)9-16/h4-9,11H,10H2,1-3H3,(H,22,23,24). The number of hydrogen-bond acceptors (Lipinski definition) is 4. The van der Waals surface area contributed by atoms with Crippen molar-refractivity contribution < 1.29 is 9.53 Å². The minimum atomic E-state index is -0.251. The van der Waals surface area contributed by atoms with E-state index in [9.17, 15) is 4.79 Å². The number of nitrogens with one attached hydrogen (secondary N) is 1. The second kappa shape index (κ2) is 7.89. The van der Waals surface area contributed by atoms with Crippen molar-refractivity contribution in [1.29, 1.82) is 0 Å². The van der Waals surface area contributed by atoms with Gasteiger partial charge in [-0.2, -0.15) is 0 Å². The minimum Gasteiger partial charge on any atom is -0.484 e. The molecular weight excluding hydrogens is 368 g/mol. The highest BCUT2D eigenvalue weighted by atomic mass is 35.5. The first-order valence-electron chi connectivity index (χ1n) is 8.14. The van der Waals surface area contributed by atoms with Crippen molar-refractivity contribution in [3.8, 4) is 17.0 Å². The van der Waals surface area contributed by atoms with Gasteiger partial charge in [0, 0.05) is 16.0 Å². The lowest BCUT2D eigenvalue weighted by Crippen LogP contribution is -2.20. The van der Waals surface area contributed by atoms with E-state index in [1.54, 1.807) is 18.2 Å². The van der Waals surface area contributed by atoms with Crippen LogP contribution in [0.4, 0.5) is 5.13 Å². The van der Waals surface area contributed by atoms with Crippen LogP contribution in [-0.2, 0) is 4.79 Å². The van der Waals surface area contributed by atoms with Crippen molar-refractivity contribution in [2.75, 3.05) is 11.9 Å². The average molecular weight is 387 g/mol. The molecule has 0 saturated carbocycles. The maximum Gasteiger partial charge on any atom is 0.264 e. The SMILES string of the molecule is Cc1ccc(-c2csc(NC(=O)COc3ccc(Cl)c(C)c3)n2)cc1C. The van der Waals surface area contributed by atoms with Crippen LogP contribution < -0.4 is 10.1 Å². The first-order valence-corrected chi connectivity index (χ1v) is 9.40. The maximum atomic E-state index is 12.1. The van der Waals surface area contributed by atoms with Gasteiger partial charge in [0.1, 0.15) is 5.75 Å². The van der Waals surface area contributed by atoms with Gasteiger partial charge in [-0.1, -0.05) is 23.7 Å². The van der Waals surface area contributed by atoms with Gasteiger partial charge in [0.2, 0.25) is 0 Å². The Kier molecular flexibility index (Phi) is 5.59. The van der Waals surface area contributed by atoms with Crippen molar-refractivity contribution in [3.05, 3.63) is 63.5 Å². The van der Waals surface area contributed by atoms with Crippen molar-refractivity contribution >= 4 is 34.0 Å². The molecule has 134 valence electrons. The summed E-state index contributed by atoms with van der Waals surface area (Å²) < 4.78 is 5.50. The number of aryl methyl sites for hydroxylation is 3. The number of carbonyl (C=O) groups excluding carboxylic acids is 1. The van der Waals surface area contributed by atoms with Gasteiger partial charge in [-0.25, -0.2) is 4.98 Å². The summed E-state index contributed by atoms with van der Waals surface area (Å²) in [5.74, 6) is 0.357. The Labute approximate surface area is 161 Å². The Morgan fingerprint density at radius 3 is 2.65 bits per heavy atom. The number of halogens is 1. The predicted molar refractivity (Wildman–Crippen MR) is 107 cm³/mol. The second-order valence-electron chi connectivity index (χ2n) is 6.08. The molecule has 4 nitrogen and oxygen atoms in total. The molecule has 3 rings (SSSR count). The summed E-state index contributed by atoms with van der Waals surface area (Å²) in [5.41, 5.74) is 5.25. The Bertz CT molecular complexity index is 953. The normalized spacial score (nSPS) is 10.6. The molecular formula is C20H19ClN2O2S. The molecule has 1 amide bonds. The molecule has 1 N–H and O–H groups in total. The summed E-state index contributed by atoms with van der Waals surface area (Å²) in [5, 5.41) is 5.93. The predicted octanol–water partition coefficient (Wildman–Crippen LogP) is 5.41. The van der Waals surface area contributed by atoms with Crippen LogP contribution in [0.15, 0.2) is 41.8 Å². The Morgan fingerprint density at radius 1 is 1.12 bits per heavy atom. The second-order valence-corrected chi connectivity index (χ2v) is 7.35. The van der Waals surface area contributed by atoms with E-state index in [4.69, 9.17) is 16.3 Å². The van der Waals surface area contributed by atoms with Gasteiger partial charge in [0.25, 0.3) is 5.91 Å². The third-order valence-electron chi connectivity index (χ3n) is 4.05. The molecule has 0 atom stereocenters. The summed E-state index contributed by atoms with van der Waals surface area (Å²) in [6, 6.07) is 11.5. The molecule has 1 heterocycles. The van der Waals surface area contributed by atoms with Crippen LogP contribution in [0.25, 0.3) is 11.3 Å². The summed E-state index contributed by atoms with van der Waals surface area (Å²) >= 11 is 7.37. The van der Waals surface area contributed by atoms with Gasteiger partial charge in [0.15, 0.2) is 11.7 Å². The van der Waals surface area contributed by atoms with Crippen molar-refractivity contribution in [1.82, 2.24) is 4.98 Å². The van der Waals surface area contributed by atoms with E-state index in [2.05, 4.69) is 36.3 Å². The lowest BCUT2D eigenvalue weighted by atomic mass is 10.1. The van der Waals surface area contributed by atoms with Crippen molar-refractivity contribution in [3.63, 3.8) is 0 Å². The summed E-state index contributed by atoms with van der Waals surface area (Å²) in [7, 11) is 0. The lowest BCUT2D eigenvalue weighted by Gasteiger charge is -2.07. The fourth-order valence-corrected chi connectivity index (χ4v) is 3.23. The monoisotopic (exact) mass is 386 g/mol. The van der Waals surface area contributed by atoms with Crippen molar-refractivity contribution in [2.24, 2.45) is 0 Å². The molecule has 0 fully saturated rings. The molecule has 0 saturated heterocycles. The van der Waals surface area contributed by atoms with Crippen LogP contribution in [0.3, 0.4) is 0 Å². The van der Waals surface area contributed by atoms with Crippen molar-refractivity contribution in [2.45, 2.75) is 20.8 Å². The zero-order valence-electron chi connectivity index (χ0n) is 14.8. The van der Waals surface area contributed by atoms with Crippen LogP contribution in [-0.4, -0.2) is 17.5 Å². The number of amides is 1. The molecule has 6 heteroatoms. The van der Waals surface area contributed by atoms with Crippen LogP contribution in [0, 0.1) is 20.8 Å². The Hall–Kier alpha value is -2.37. The number of ether oxygens (including phenoxy) is 1. The molecule has 0 spiro atoms. The fourth-order valence-electron chi connectivity index (χ4n) is 2.38. The molecule has 2 aromatic carbocycles. The summed E-state index contributed by atoms with van der Waals surface area (Å²) in [4.78, 5) is 16.6. The maximum absolute atomic E-state index is 12.1. The molecule has 0 radical (unpaired) electrons. The van der Waals surface area contributed by atoms with Gasteiger partial charge in [-0.05, 0) is 61.7 Å². The number of nitrogens with zero attached hydrogens (tertiary/aromatic N) is 1. The number of aromatic nitrogens is 1. The lowest BCUT2D eigenvalue weighted by molar-refractivity contribution is -0.118. The van der Waals surface area contributed by atoms with E-state index in [1.807, 2.05) is 18.4 Å². The number of benzene rings is 2. The highest BCUT2D eigenvalue weighted by Gasteiger charge is 2.10. The summed E-state index contributed by atoms with van der Waals surface area (Å²) in [6.45, 7) is 5.95. The van der Waals surface area contributed by atoms with Gasteiger partial charge in [-0.15, -0.1) is 11.3 Å². The van der Waals surface area contributed by atoms with E-state index in [1.165, 1.54) is 22.5 Å². The fraction of sp³-hybridized carbons (Fsp3) is 0.200. The number of carbonyl (C=O) groups is 1. The largest absolute Gasteiger partial charge is 0.484 e. The molecule has 26 heavy (non-hydrogen) atoms. The zero-order valence-corrected chi connectivity index (χ0v) is 16.4. The smallest absolute Gasteiger partial charge is 0.264 e. The van der Waals surface area contributed by atoms with E-state index in [-0.39, 0.29) is 12.5 Å². The Balaban J connectivity index is 1.60. The van der Waals surface area contributed by atoms with E-state index in [0.29, 0.717) is 15.9 Å². The molecule has 3 aromatic rings. The third-order valence-corrected chi connectivity index (χ3v) is 5.23. The van der Waals surface area contributed by atoms with Crippen LogP contribution in [0.5, 0.6) is 5.75 Å². The number of hydrogen-bond donors (Lipinski definition) is 1. The first-order chi connectivity index (χ1) is 12.4. The highest BCUT2D eigenvalue weighted by Crippen LogP contribution is 2.26. The molecule has 0 aliphatic rings. The van der Waals surface area contributed by atoms with Gasteiger partial charge >= 0.3 is 0 Å². The van der Waals surface area contributed by atoms with Gasteiger partial charge < -0.3 is 4.74 Å². The molecule has 1 aromatic heterocycles. The Morgan fingerprint density at radius 2 is 1.92 bits per heavy atom.